The summed E-state index contributed by atoms with van der Waals surface area (Å²) in [5.41, 5.74) is 1.20. The van der Waals surface area contributed by atoms with Gasteiger partial charge in [-0.25, -0.2) is 8.42 Å². The molecule has 2 aromatic rings. The van der Waals surface area contributed by atoms with Gasteiger partial charge in [-0.1, -0.05) is 23.7 Å². The topological polar surface area (TPSA) is 86.1 Å². The van der Waals surface area contributed by atoms with Crippen molar-refractivity contribution < 1.29 is 8.42 Å². The maximum absolute atomic E-state index is 12.4. The number of anilines is 1. The number of nitrogens with zero attached hydrogens (tertiary/aromatic N) is 3. The first-order chi connectivity index (χ1) is 11.3. The fourth-order valence-corrected chi connectivity index (χ4v) is 4.19. The third-order valence-corrected chi connectivity index (χ3v) is 6.77. The van der Waals surface area contributed by atoms with Crippen molar-refractivity contribution in [1.29, 1.82) is 5.26 Å². The molecule has 1 aromatic heterocycles. The first kappa shape index (κ1) is 18.7. The molecule has 6 nitrogen and oxygen atoms in total. The molecule has 0 amide bonds. The van der Waals surface area contributed by atoms with Crippen LogP contribution in [-0.2, 0) is 16.6 Å². The van der Waals surface area contributed by atoms with Crippen LogP contribution in [0.15, 0.2) is 29.2 Å². The third-order valence-electron chi connectivity index (χ3n) is 3.54. The number of halogens is 1. The Hall–Kier alpha value is -1.66. The normalized spacial score (nSPS) is 11.7. The average Bonchev–Trinajstić information content (AvgIpc) is 2.92. The average molecular weight is 385 g/mol. The van der Waals surface area contributed by atoms with Crippen molar-refractivity contribution in [1.82, 2.24) is 8.68 Å². The summed E-state index contributed by atoms with van der Waals surface area (Å²) < 4.78 is 30.1. The number of rotatable bonds is 6. The lowest BCUT2D eigenvalue weighted by molar-refractivity contribution is 0.410. The molecule has 0 saturated heterocycles. The summed E-state index contributed by atoms with van der Waals surface area (Å²) in [5.74, 6) is 0. The second-order valence-corrected chi connectivity index (χ2v) is 8.53. The molecule has 0 fully saturated rings. The SMILES string of the molecule is CC(C)N(C)S(=O)(=O)c1ccc(CNc2snc(Cl)c2C#N)cc1. The third kappa shape index (κ3) is 3.87. The molecule has 128 valence electrons. The zero-order valence-electron chi connectivity index (χ0n) is 13.4. The minimum atomic E-state index is -3.48. The number of sulfonamides is 1. The summed E-state index contributed by atoms with van der Waals surface area (Å²) in [6, 6.07) is 8.52. The minimum absolute atomic E-state index is 0.114. The quantitative estimate of drug-likeness (QED) is 0.825. The summed E-state index contributed by atoms with van der Waals surface area (Å²) in [6.07, 6.45) is 0. The van der Waals surface area contributed by atoms with E-state index in [1.54, 1.807) is 31.3 Å². The Bertz CT molecular complexity index is 855. The van der Waals surface area contributed by atoms with E-state index in [4.69, 9.17) is 16.9 Å². The maximum atomic E-state index is 12.4. The molecule has 24 heavy (non-hydrogen) atoms. The Morgan fingerprint density at radius 3 is 2.54 bits per heavy atom. The molecular weight excluding hydrogens is 368 g/mol. The number of aromatic nitrogens is 1. The van der Waals surface area contributed by atoms with E-state index in [2.05, 4.69) is 9.69 Å². The molecule has 0 aliphatic rings. The van der Waals surface area contributed by atoms with E-state index in [1.807, 2.05) is 19.9 Å². The predicted molar refractivity (Wildman–Crippen MR) is 95.7 cm³/mol. The lowest BCUT2D eigenvalue weighted by Gasteiger charge is -2.21. The van der Waals surface area contributed by atoms with Gasteiger partial charge in [0.25, 0.3) is 0 Å². The molecule has 9 heteroatoms. The minimum Gasteiger partial charge on any atom is -0.370 e. The van der Waals surface area contributed by atoms with Gasteiger partial charge >= 0.3 is 0 Å². The van der Waals surface area contributed by atoms with Crippen LogP contribution in [0.2, 0.25) is 5.15 Å². The summed E-state index contributed by atoms with van der Waals surface area (Å²) in [5, 5.41) is 12.9. The number of nitrogens with one attached hydrogen (secondary N) is 1. The van der Waals surface area contributed by atoms with Crippen LogP contribution in [0.1, 0.15) is 25.0 Å². The van der Waals surface area contributed by atoms with Gasteiger partial charge in [0.2, 0.25) is 10.0 Å². The van der Waals surface area contributed by atoms with Crippen LogP contribution in [0.3, 0.4) is 0 Å². The van der Waals surface area contributed by atoms with E-state index in [1.165, 1.54) is 4.31 Å². The Balaban J connectivity index is 2.12. The number of nitriles is 1. The Kier molecular flexibility index (Phi) is 5.83. The highest BCUT2D eigenvalue weighted by molar-refractivity contribution is 7.89. The van der Waals surface area contributed by atoms with Gasteiger partial charge in [-0.05, 0) is 43.1 Å². The predicted octanol–water partition coefficient (Wildman–Crippen LogP) is 3.31. The molecule has 1 N–H and O–H groups in total. The Morgan fingerprint density at radius 2 is 2.00 bits per heavy atom. The molecular formula is C15H17ClN4O2S2. The molecule has 0 aliphatic carbocycles. The number of hydrogen-bond donors (Lipinski definition) is 1. The molecule has 0 bridgehead atoms. The van der Waals surface area contributed by atoms with Gasteiger partial charge in [0.05, 0.1) is 4.90 Å². The highest BCUT2D eigenvalue weighted by Crippen LogP contribution is 2.28. The summed E-state index contributed by atoms with van der Waals surface area (Å²) >= 11 is 6.93. The van der Waals surface area contributed by atoms with Crippen molar-refractivity contribution in [2.75, 3.05) is 12.4 Å². The van der Waals surface area contributed by atoms with Crippen molar-refractivity contribution in [3.05, 3.63) is 40.5 Å². The van der Waals surface area contributed by atoms with Gasteiger partial charge in [0.15, 0.2) is 5.15 Å². The monoisotopic (exact) mass is 384 g/mol. The van der Waals surface area contributed by atoms with Crippen molar-refractivity contribution >= 4 is 38.2 Å². The van der Waals surface area contributed by atoms with E-state index in [-0.39, 0.29) is 16.1 Å². The van der Waals surface area contributed by atoms with Crippen molar-refractivity contribution in [3.63, 3.8) is 0 Å². The van der Waals surface area contributed by atoms with Crippen LogP contribution in [0.4, 0.5) is 5.00 Å². The lowest BCUT2D eigenvalue weighted by Crippen LogP contribution is -2.33. The van der Waals surface area contributed by atoms with Crippen LogP contribution in [0.5, 0.6) is 0 Å². The molecule has 0 unspecified atom stereocenters. The molecule has 1 heterocycles. The number of hydrogen-bond acceptors (Lipinski definition) is 6. The van der Waals surface area contributed by atoms with Crippen molar-refractivity contribution in [2.24, 2.45) is 0 Å². The lowest BCUT2D eigenvalue weighted by atomic mass is 10.2. The number of benzene rings is 1. The summed E-state index contributed by atoms with van der Waals surface area (Å²) in [7, 11) is -1.92. The smallest absolute Gasteiger partial charge is 0.243 e. The Labute approximate surface area is 150 Å². The zero-order chi connectivity index (χ0) is 17.9. The van der Waals surface area contributed by atoms with E-state index in [0.717, 1.165) is 17.1 Å². The van der Waals surface area contributed by atoms with Gasteiger partial charge in [-0.2, -0.15) is 13.9 Å². The maximum Gasteiger partial charge on any atom is 0.243 e. The fourth-order valence-electron chi connectivity index (χ4n) is 1.89. The van der Waals surface area contributed by atoms with Crippen LogP contribution < -0.4 is 5.32 Å². The van der Waals surface area contributed by atoms with E-state index >= 15 is 0 Å². The largest absolute Gasteiger partial charge is 0.370 e. The van der Waals surface area contributed by atoms with Crippen LogP contribution >= 0.6 is 23.1 Å². The molecule has 0 aliphatic heterocycles. The summed E-state index contributed by atoms with van der Waals surface area (Å²) in [4.78, 5) is 0.251. The second-order valence-electron chi connectivity index (χ2n) is 5.40. The van der Waals surface area contributed by atoms with Gasteiger partial charge in [0.1, 0.15) is 16.6 Å². The van der Waals surface area contributed by atoms with Crippen molar-refractivity contribution in [2.45, 2.75) is 31.3 Å². The van der Waals surface area contributed by atoms with E-state index in [9.17, 15) is 8.42 Å². The molecule has 0 spiro atoms. The van der Waals surface area contributed by atoms with Gasteiger partial charge in [0, 0.05) is 19.6 Å². The first-order valence-corrected chi connectivity index (χ1v) is 9.72. The van der Waals surface area contributed by atoms with Crippen molar-refractivity contribution in [3.8, 4) is 6.07 Å². The molecule has 0 radical (unpaired) electrons. The van der Waals surface area contributed by atoms with Gasteiger partial charge < -0.3 is 5.32 Å². The van der Waals surface area contributed by atoms with E-state index in [0.29, 0.717) is 17.1 Å². The standard InChI is InChI=1S/C15H17ClN4O2S2/c1-10(2)20(3)24(21,22)12-6-4-11(5-7-12)9-18-15-13(8-17)14(16)19-23-15/h4-7,10,18H,9H2,1-3H3. The highest BCUT2D eigenvalue weighted by atomic mass is 35.5. The van der Waals surface area contributed by atoms with E-state index < -0.39 is 10.0 Å². The highest BCUT2D eigenvalue weighted by Gasteiger charge is 2.22. The van der Waals surface area contributed by atoms with Crippen LogP contribution in [0.25, 0.3) is 0 Å². The second kappa shape index (κ2) is 7.49. The zero-order valence-corrected chi connectivity index (χ0v) is 15.8. The van der Waals surface area contributed by atoms with Gasteiger partial charge in [-0.15, -0.1) is 0 Å². The van der Waals surface area contributed by atoms with Gasteiger partial charge in [-0.3, -0.25) is 0 Å². The summed E-state index contributed by atoms with van der Waals surface area (Å²) in [6.45, 7) is 4.08. The molecule has 1 aromatic carbocycles. The van der Waals surface area contributed by atoms with Crippen LogP contribution in [0, 0.1) is 11.3 Å². The molecule has 0 saturated carbocycles. The molecule has 0 atom stereocenters. The first-order valence-electron chi connectivity index (χ1n) is 7.13. The molecule has 2 rings (SSSR count). The van der Waals surface area contributed by atoms with Crippen LogP contribution in [-0.4, -0.2) is 30.2 Å². The Morgan fingerprint density at radius 1 is 1.38 bits per heavy atom. The fraction of sp³-hybridized carbons (Fsp3) is 0.333.